The number of nitro groups is 1. The molecule has 0 saturated carbocycles. The summed E-state index contributed by atoms with van der Waals surface area (Å²) in [5, 5.41) is 14.5. The summed E-state index contributed by atoms with van der Waals surface area (Å²) in [6, 6.07) is 0. The maximum absolute atomic E-state index is 11.3. The van der Waals surface area contributed by atoms with Gasteiger partial charge in [-0.2, -0.15) is 0 Å². The van der Waals surface area contributed by atoms with Crippen LogP contribution in [-0.2, 0) is 0 Å². The number of likely N-dealkylation sites (tertiary alicyclic amines) is 1. The first-order chi connectivity index (χ1) is 8.77. The van der Waals surface area contributed by atoms with E-state index < -0.39 is 0 Å². The van der Waals surface area contributed by atoms with E-state index in [0.29, 0.717) is 12.2 Å². The quantitative estimate of drug-likeness (QED) is 0.618. The van der Waals surface area contributed by atoms with Gasteiger partial charge in [-0.25, -0.2) is 0 Å². The van der Waals surface area contributed by atoms with Crippen LogP contribution in [0.4, 0.5) is 0 Å². The van der Waals surface area contributed by atoms with Crippen molar-refractivity contribution in [2.75, 3.05) is 26.2 Å². The van der Waals surface area contributed by atoms with Crippen LogP contribution >= 0.6 is 0 Å². The molecule has 0 aliphatic carbocycles. The summed E-state index contributed by atoms with van der Waals surface area (Å²) in [5.41, 5.74) is 1.28. The van der Waals surface area contributed by atoms with Gasteiger partial charge in [0, 0.05) is 6.54 Å². The molecule has 0 unspecified atom stereocenters. The second-order valence-corrected chi connectivity index (χ2v) is 5.26. The minimum Gasteiger partial charge on any atom is -0.383 e. The van der Waals surface area contributed by atoms with Gasteiger partial charge in [0.05, 0.1) is 17.2 Å². The molecule has 102 valence electrons. The molecule has 0 amide bonds. The number of rotatable bonds is 3. The van der Waals surface area contributed by atoms with E-state index in [1.54, 1.807) is 0 Å². The number of hydrogen-bond donors (Lipinski definition) is 1. The summed E-state index contributed by atoms with van der Waals surface area (Å²) in [7, 11) is 0. The van der Waals surface area contributed by atoms with Crippen molar-refractivity contribution >= 4 is 0 Å². The van der Waals surface area contributed by atoms with Gasteiger partial charge in [-0.3, -0.25) is 15.0 Å². The molecule has 0 aromatic carbocycles. The minimum atomic E-state index is -0.178. The van der Waals surface area contributed by atoms with Crippen LogP contribution in [0, 0.1) is 10.1 Å². The highest BCUT2D eigenvalue weighted by molar-refractivity contribution is 5.09. The molecule has 0 bridgehead atoms. The van der Waals surface area contributed by atoms with Crippen molar-refractivity contribution < 1.29 is 4.92 Å². The van der Waals surface area contributed by atoms with E-state index in [4.69, 9.17) is 0 Å². The molecule has 5 nitrogen and oxygen atoms in total. The lowest BCUT2D eigenvalue weighted by Crippen LogP contribution is -2.34. The SMILES string of the molecule is O=[N+]([O-])/C(CN1CCCCC1)=C1/CCCCCN1. The minimum absolute atomic E-state index is 0.178. The molecule has 2 fully saturated rings. The highest BCUT2D eigenvalue weighted by Crippen LogP contribution is 2.18. The third-order valence-electron chi connectivity index (χ3n) is 3.83. The van der Waals surface area contributed by atoms with Gasteiger partial charge in [-0.15, -0.1) is 0 Å². The number of allylic oxidation sites excluding steroid dienone is 1. The largest absolute Gasteiger partial charge is 0.383 e. The number of hydrogen-bond acceptors (Lipinski definition) is 4. The van der Waals surface area contributed by atoms with E-state index in [-0.39, 0.29) is 4.92 Å². The normalized spacial score (nSPS) is 25.1. The van der Waals surface area contributed by atoms with Gasteiger partial charge in [0.2, 0.25) is 0 Å². The molecule has 0 spiro atoms. The smallest absolute Gasteiger partial charge is 0.278 e. The van der Waals surface area contributed by atoms with E-state index in [0.717, 1.165) is 44.6 Å². The van der Waals surface area contributed by atoms with Crippen molar-refractivity contribution in [3.05, 3.63) is 21.5 Å². The number of piperidine rings is 1. The van der Waals surface area contributed by atoms with Gasteiger partial charge in [0.25, 0.3) is 5.70 Å². The van der Waals surface area contributed by atoms with Crippen LogP contribution in [0.1, 0.15) is 44.9 Å². The fourth-order valence-corrected chi connectivity index (χ4v) is 2.77. The van der Waals surface area contributed by atoms with Crippen LogP contribution in [-0.4, -0.2) is 36.0 Å². The second kappa shape index (κ2) is 6.73. The average molecular weight is 253 g/mol. The maximum Gasteiger partial charge on any atom is 0.278 e. The van der Waals surface area contributed by atoms with Crippen LogP contribution in [0.3, 0.4) is 0 Å². The van der Waals surface area contributed by atoms with Crippen LogP contribution in [0.25, 0.3) is 0 Å². The molecule has 18 heavy (non-hydrogen) atoms. The third-order valence-corrected chi connectivity index (χ3v) is 3.83. The summed E-state index contributed by atoms with van der Waals surface area (Å²) in [5.74, 6) is 0. The van der Waals surface area contributed by atoms with Crippen molar-refractivity contribution in [2.24, 2.45) is 0 Å². The third kappa shape index (κ3) is 3.70. The summed E-state index contributed by atoms with van der Waals surface area (Å²) < 4.78 is 0. The standard InChI is InChI=1S/C13H23N3O2/c17-16(18)13(11-15-9-5-2-6-10-15)12-7-3-1-4-8-14-12/h14H,1-11H2/b13-12-. The molecule has 0 radical (unpaired) electrons. The first kappa shape index (κ1) is 13.3. The molecular formula is C13H23N3O2. The first-order valence-corrected chi connectivity index (χ1v) is 7.10. The van der Waals surface area contributed by atoms with Crippen LogP contribution in [0.5, 0.6) is 0 Å². The van der Waals surface area contributed by atoms with Gasteiger partial charge in [0.1, 0.15) is 0 Å². The fraction of sp³-hybridized carbons (Fsp3) is 0.846. The second-order valence-electron chi connectivity index (χ2n) is 5.26. The highest BCUT2D eigenvalue weighted by Gasteiger charge is 2.23. The summed E-state index contributed by atoms with van der Waals surface area (Å²) in [4.78, 5) is 13.3. The van der Waals surface area contributed by atoms with E-state index in [1.807, 2.05) is 0 Å². The Morgan fingerprint density at radius 1 is 1.17 bits per heavy atom. The zero-order chi connectivity index (χ0) is 12.8. The van der Waals surface area contributed by atoms with Gasteiger partial charge in [-0.1, -0.05) is 12.8 Å². The fourth-order valence-electron chi connectivity index (χ4n) is 2.77. The van der Waals surface area contributed by atoms with Crippen LogP contribution in [0.2, 0.25) is 0 Å². The van der Waals surface area contributed by atoms with Crippen molar-refractivity contribution in [1.82, 2.24) is 10.2 Å². The molecule has 2 saturated heterocycles. The predicted molar refractivity (Wildman–Crippen MR) is 70.8 cm³/mol. The molecule has 0 atom stereocenters. The molecule has 0 aromatic rings. The van der Waals surface area contributed by atoms with Crippen LogP contribution < -0.4 is 5.32 Å². The van der Waals surface area contributed by atoms with Crippen molar-refractivity contribution in [1.29, 1.82) is 0 Å². The van der Waals surface area contributed by atoms with Crippen molar-refractivity contribution in [2.45, 2.75) is 44.9 Å². The zero-order valence-electron chi connectivity index (χ0n) is 11.0. The van der Waals surface area contributed by atoms with E-state index in [2.05, 4.69) is 10.2 Å². The predicted octanol–water partition coefficient (Wildman–Crippen LogP) is 2.12. The van der Waals surface area contributed by atoms with Gasteiger partial charge in [0.15, 0.2) is 0 Å². The molecular weight excluding hydrogens is 230 g/mol. The lowest BCUT2D eigenvalue weighted by Gasteiger charge is -2.25. The Morgan fingerprint density at radius 3 is 2.61 bits per heavy atom. The Bertz CT molecular complexity index is 312. The molecule has 0 aromatic heterocycles. The van der Waals surface area contributed by atoms with E-state index in [1.165, 1.54) is 25.7 Å². The van der Waals surface area contributed by atoms with Crippen molar-refractivity contribution in [3.8, 4) is 0 Å². The number of nitrogens with one attached hydrogen (secondary N) is 1. The molecule has 5 heteroatoms. The first-order valence-electron chi connectivity index (χ1n) is 7.10. The van der Waals surface area contributed by atoms with Gasteiger partial charge in [-0.05, 0) is 45.2 Å². The van der Waals surface area contributed by atoms with E-state index in [9.17, 15) is 10.1 Å². The Labute approximate surface area is 108 Å². The average Bonchev–Trinajstić information content (AvgIpc) is 2.65. The molecule has 2 aliphatic heterocycles. The lowest BCUT2D eigenvalue weighted by molar-refractivity contribution is -0.429. The maximum atomic E-state index is 11.3. The monoisotopic (exact) mass is 253 g/mol. The van der Waals surface area contributed by atoms with Crippen LogP contribution in [0.15, 0.2) is 11.4 Å². The Balaban J connectivity index is 2.05. The summed E-state index contributed by atoms with van der Waals surface area (Å²) in [6.45, 7) is 3.40. The topological polar surface area (TPSA) is 58.4 Å². The zero-order valence-corrected chi connectivity index (χ0v) is 11.0. The Morgan fingerprint density at radius 2 is 1.89 bits per heavy atom. The summed E-state index contributed by atoms with van der Waals surface area (Å²) >= 11 is 0. The highest BCUT2D eigenvalue weighted by atomic mass is 16.6. The summed E-state index contributed by atoms with van der Waals surface area (Å²) in [6.07, 6.45) is 7.81. The van der Waals surface area contributed by atoms with Gasteiger partial charge < -0.3 is 5.32 Å². The molecule has 2 heterocycles. The van der Waals surface area contributed by atoms with E-state index >= 15 is 0 Å². The molecule has 2 aliphatic rings. The molecule has 2 rings (SSSR count). The lowest BCUT2D eigenvalue weighted by atomic mass is 10.1. The molecule has 1 N–H and O–H groups in total. The Hall–Kier alpha value is -1.10. The Kier molecular flexibility index (Phi) is 4.99. The van der Waals surface area contributed by atoms with Gasteiger partial charge >= 0.3 is 0 Å². The van der Waals surface area contributed by atoms with Crippen molar-refractivity contribution in [3.63, 3.8) is 0 Å². The number of nitrogens with zero attached hydrogens (tertiary/aromatic N) is 2.